The van der Waals surface area contributed by atoms with Crippen LogP contribution < -0.4 is 15.2 Å². The second kappa shape index (κ2) is 4.07. The highest BCUT2D eigenvalue weighted by molar-refractivity contribution is 6.32. The van der Waals surface area contributed by atoms with Gasteiger partial charge in [-0.05, 0) is 30.7 Å². The minimum atomic E-state index is 0.558. The van der Waals surface area contributed by atoms with Crippen LogP contribution in [0.15, 0.2) is 12.1 Å². The van der Waals surface area contributed by atoms with Gasteiger partial charge < -0.3 is 15.2 Å². The van der Waals surface area contributed by atoms with Crippen molar-refractivity contribution < 1.29 is 9.47 Å². The van der Waals surface area contributed by atoms with Crippen LogP contribution in [0.2, 0.25) is 5.02 Å². The standard InChI is InChI=1S/C10H12ClNO2/c11-8-5-7(1-2-12)6-9-10(8)14-4-3-13-9/h5-6H,1-4,12H2. The summed E-state index contributed by atoms with van der Waals surface area (Å²) in [6.07, 6.45) is 0.802. The van der Waals surface area contributed by atoms with Crippen molar-refractivity contribution in [3.8, 4) is 11.5 Å². The molecule has 0 saturated heterocycles. The van der Waals surface area contributed by atoms with Gasteiger partial charge in [-0.3, -0.25) is 0 Å². The Morgan fingerprint density at radius 1 is 1.29 bits per heavy atom. The van der Waals surface area contributed by atoms with Crippen LogP contribution in [0.25, 0.3) is 0 Å². The molecule has 0 fully saturated rings. The van der Waals surface area contributed by atoms with Crippen LogP contribution in [0.3, 0.4) is 0 Å². The SMILES string of the molecule is NCCc1cc(Cl)c2c(c1)OCCO2. The van der Waals surface area contributed by atoms with Crippen molar-refractivity contribution in [1.29, 1.82) is 0 Å². The summed E-state index contributed by atoms with van der Waals surface area (Å²) in [5, 5.41) is 0.602. The van der Waals surface area contributed by atoms with Gasteiger partial charge in [0, 0.05) is 0 Å². The predicted octanol–water partition coefficient (Wildman–Crippen LogP) is 1.61. The maximum absolute atomic E-state index is 6.04. The van der Waals surface area contributed by atoms with Crippen molar-refractivity contribution in [2.75, 3.05) is 19.8 Å². The third-order valence-electron chi connectivity index (χ3n) is 2.09. The zero-order valence-corrected chi connectivity index (χ0v) is 8.51. The van der Waals surface area contributed by atoms with E-state index in [4.69, 9.17) is 26.8 Å². The van der Waals surface area contributed by atoms with Gasteiger partial charge in [0.1, 0.15) is 13.2 Å². The fourth-order valence-corrected chi connectivity index (χ4v) is 1.76. The molecule has 0 radical (unpaired) electrons. The van der Waals surface area contributed by atoms with Crippen LogP contribution in [0.5, 0.6) is 11.5 Å². The number of rotatable bonds is 2. The molecule has 1 aromatic rings. The Hall–Kier alpha value is -0.930. The third kappa shape index (κ3) is 1.79. The van der Waals surface area contributed by atoms with Gasteiger partial charge in [0.05, 0.1) is 5.02 Å². The molecule has 0 aromatic heterocycles. The summed E-state index contributed by atoms with van der Waals surface area (Å²) in [6, 6.07) is 3.81. The second-order valence-electron chi connectivity index (χ2n) is 3.14. The molecule has 1 aliphatic heterocycles. The number of nitrogens with two attached hydrogens (primary N) is 1. The van der Waals surface area contributed by atoms with Crippen molar-refractivity contribution in [3.63, 3.8) is 0 Å². The minimum Gasteiger partial charge on any atom is -0.486 e. The van der Waals surface area contributed by atoms with Gasteiger partial charge in [-0.15, -0.1) is 0 Å². The Kier molecular flexibility index (Phi) is 2.79. The van der Waals surface area contributed by atoms with Crippen molar-refractivity contribution in [2.45, 2.75) is 6.42 Å². The molecule has 76 valence electrons. The molecule has 0 unspecified atom stereocenters. The van der Waals surface area contributed by atoms with Crippen molar-refractivity contribution >= 4 is 11.6 Å². The van der Waals surface area contributed by atoms with Crippen LogP contribution in [0.1, 0.15) is 5.56 Å². The fraction of sp³-hybridized carbons (Fsp3) is 0.400. The maximum atomic E-state index is 6.04. The average Bonchev–Trinajstić information content (AvgIpc) is 2.18. The van der Waals surface area contributed by atoms with Crippen molar-refractivity contribution in [1.82, 2.24) is 0 Å². The Morgan fingerprint density at radius 2 is 2.07 bits per heavy atom. The molecule has 0 spiro atoms. The van der Waals surface area contributed by atoms with Crippen LogP contribution in [0.4, 0.5) is 0 Å². The van der Waals surface area contributed by atoms with E-state index in [1.54, 1.807) is 0 Å². The Balaban J connectivity index is 2.36. The topological polar surface area (TPSA) is 44.5 Å². The number of ether oxygens (including phenoxy) is 2. The molecule has 14 heavy (non-hydrogen) atoms. The van der Waals surface area contributed by atoms with E-state index in [0.717, 1.165) is 17.7 Å². The van der Waals surface area contributed by atoms with E-state index in [-0.39, 0.29) is 0 Å². The Morgan fingerprint density at radius 3 is 2.86 bits per heavy atom. The van der Waals surface area contributed by atoms with Gasteiger partial charge >= 0.3 is 0 Å². The Labute approximate surface area is 87.8 Å². The first-order valence-electron chi connectivity index (χ1n) is 4.59. The molecule has 1 aromatic carbocycles. The van der Waals surface area contributed by atoms with Crippen molar-refractivity contribution in [3.05, 3.63) is 22.7 Å². The van der Waals surface area contributed by atoms with E-state index in [0.29, 0.717) is 30.5 Å². The summed E-state index contributed by atoms with van der Waals surface area (Å²) in [5.41, 5.74) is 6.56. The van der Waals surface area contributed by atoms with E-state index in [2.05, 4.69) is 0 Å². The van der Waals surface area contributed by atoms with Gasteiger partial charge in [0.2, 0.25) is 0 Å². The molecule has 2 rings (SSSR count). The molecule has 0 atom stereocenters. The van der Waals surface area contributed by atoms with E-state index < -0.39 is 0 Å². The zero-order valence-electron chi connectivity index (χ0n) is 7.75. The highest BCUT2D eigenvalue weighted by atomic mass is 35.5. The highest BCUT2D eigenvalue weighted by Crippen LogP contribution is 2.38. The molecule has 3 nitrogen and oxygen atoms in total. The lowest BCUT2D eigenvalue weighted by Gasteiger charge is -2.20. The third-order valence-corrected chi connectivity index (χ3v) is 2.37. The van der Waals surface area contributed by atoms with Crippen LogP contribution >= 0.6 is 11.6 Å². The second-order valence-corrected chi connectivity index (χ2v) is 3.55. The van der Waals surface area contributed by atoms with Gasteiger partial charge in [0.25, 0.3) is 0 Å². The highest BCUT2D eigenvalue weighted by Gasteiger charge is 2.16. The van der Waals surface area contributed by atoms with E-state index in [9.17, 15) is 0 Å². The van der Waals surface area contributed by atoms with Crippen LogP contribution in [0, 0.1) is 0 Å². The number of benzene rings is 1. The molecule has 0 amide bonds. The summed E-state index contributed by atoms with van der Waals surface area (Å²) in [5.74, 6) is 1.38. The number of fused-ring (bicyclic) bond motifs is 1. The first-order chi connectivity index (χ1) is 6.81. The summed E-state index contributed by atoms with van der Waals surface area (Å²) in [7, 11) is 0. The lowest BCUT2D eigenvalue weighted by Crippen LogP contribution is -2.16. The lowest BCUT2D eigenvalue weighted by molar-refractivity contribution is 0.171. The van der Waals surface area contributed by atoms with Gasteiger partial charge in [-0.2, -0.15) is 0 Å². The largest absolute Gasteiger partial charge is 0.486 e. The molecular formula is C10H12ClNO2. The first-order valence-corrected chi connectivity index (χ1v) is 4.97. The molecular weight excluding hydrogens is 202 g/mol. The van der Waals surface area contributed by atoms with E-state index in [1.807, 2.05) is 12.1 Å². The summed E-state index contributed by atoms with van der Waals surface area (Å²) < 4.78 is 10.8. The molecule has 2 N–H and O–H groups in total. The maximum Gasteiger partial charge on any atom is 0.179 e. The zero-order chi connectivity index (χ0) is 9.97. The molecule has 1 aliphatic rings. The Bertz CT molecular complexity index is 341. The minimum absolute atomic E-state index is 0.558. The van der Waals surface area contributed by atoms with E-state index in [1.165, 1.54) is 0 Å². The normalized spacial score (nSPS) is 14.1. The average molecular weight is 214 g/mol. The molecule has 1 heterocycles. The number of halogens is 1. The lowest BCUT2D eigenvalue weighted by atomic mass is 10.1. The van der Waals surface area contributed by atoms with Gasteiger partial charge in [0.15, 0.2) is 11.5 Å². The van der Waals surface area contributed by atoms with Gasteiger partial charge in [-0.1, -0.05) is 11.6 Å². The predicted molar refractivity (Wildman–Crippen MR) is 55.2 cm³/mol. The summed E-state index contributed by atoms with van der Waals surface area (Å²) >= 11 is 6.04. The number of hydrogen-bond acceptors (Lipinski definition) is 3. The fourth-order valence-electron chi connectivity index (χ4n) is 1.48. The van der Waals surface area contributed by atoms with Crippen LogP contribution in [-0.4, -0.2) is 19.8 Å². The van der Waals surface area contributed by atoms with Crippen LogP contribution in [-0.2, 0) is 6.42 Å². The first kappa shape index (κ1) is 9.62. The quantitative estimate of drug-likeness (QED) is 0.812. The monoisotopic (exact) mass is 213 g/mol. The summed E-state index contributed by atoms with van der Waals surface area (Å²) in [6.45, 7) is 1.74. The summed E-state index contributed by atoms with van der Waals surface area (Å²) in [4.78, 5) is 0. The van der Waals surface area contributed by atoms with E-state index >= 15 is 0 Å². The van der Waals surface area contributed by atoms with Gasteiger partial charge in [-0.25, -0.2) is 0 Å². The molecule has 0 saturated carbocycles. The molecule has 4 heteroatoms. The molecule has 0 bridgehead atoms. The van der Waals surface area contributed by atoms with Crippen molar-refractivity contribution in [2.24, 2.45) is 5.73 Å². The smallest absolute Gasteiger partial charge is 0.179 e. The molecule has 0 aliphatic carbocycles. The number of hydrogen-bond donors (Lipinski definition) is 1.